The molecule has 1 saturated carbocycles. The zero-order valence-corrected chi connectivity index (χ0v) is 9.44. The Labute approximate surface area is 90.6 Å². The molecular weight excluding hydrogens is 190 g/mol. The van der Waals surface area contributed by atoms with E-state index in [9.17, 15) is 0 Å². The third kappa shape index (κ3) is 2.72. The minimum atomic E-state index is 0.727. The third-order valence-corrected chi connectivity index (χ3v) is 3.05. The lowest BCUT2D eigenvalue weighted by atomic mass is 10.3. The number of ether oxygens (including phenoxy) is 1. The van der Waals surface area contributed by atoms with Crippen LogP contribution < -0.4 is 5.32 Å². The van der Waals surface area contributed by atoms with Crippen LogP contribution >= 0.6 is 0 Å². The molecule has 0 spiro atoms. The lowest BCUT2D eigenvalue weighted by molar-refractivity contribution is 0.187. The molecule has 0 amide bonds. The fourth-order valence-corrected chi connectivity index (χ4v) is 1.75. The van der Waals surface area contributed by atoms with Crippen LogP contribution in [0.15, 0.2) is 12.4 Å². The Morgan fingerprint density at radius 2 is 2.47 bits per heavy atom. The van der Waals surface area contributed by atoms with Gasteiger partial charge < -0.3 is 14.6 Å². The van der Waals surface area contributed by atoms with Crippen molar-refractivity contribution in [1.29, 1.82) is 0 Å². The van der Waals surface area contributed by atoms with Gasteiger partial charge in [0, 0.05) is 32.6 Å². The number of nitrogens with one attached hydrogen (secondary N) is 1. The molecule has 4 heteroatoms. The smallest absolute Gasteiger partial charge is 0.202 e. The molecule has 84 valence electrons. The summed E-state index contributed by atoms with van der Waals surface area (Å²) >= 11 is 0. The topological polar surface area (TPSA) is 39.1 Å². The van der Waals surface area contributed by atoms with Crippen molar-refractivity contribution in [1.82, 2.24) is 9.55 Å². The van der Waals surface area contributed by atoms with Gasteiger partial charge >= 0.3 is 0 Å². The summed E-state index contributed by atoms with van der Waals surface area (Å²) in [5.41, 5.74) is 0. The van der Waals surface area contributed by atoms with Crippen LogP contribution in [-0.2, 0) is 11.3 Å². The van der Waals surface area contributed by atoms with E-state index in [1.807, 2.05) is 12.4 Å². The van der Waals surface area contributed by atoms with Gasteiger partial charge in [-0.1, -0.05) is 6.92 Å². The van der Waals surface area contributed by atoms with E-state index >= 15 is 0 Å². The molecule has 1 aromatic heterocycles. The molecule has 0 aliphatic heterocycles. The van der Waals surface area contributed by atoms with Crippen molar-refractivity contribution in [3.05, 3.63) is 12.4 Å². The highest BCUT2D eigenvalue weighted by molar-refractivity contribution is 5.26. The van der Waals surface area contributed by atoms with Gasteiger partial charge in [-0.2, -0.15) is 0 Å². The van der Waals surface area contributed by atoms with E-state index in [0.29, 0.717) is 0 Å². The molecular formula is C11H19N3O. The fourth-order valence-electron chi connectivity index (χ4n) is 1.75. The third-order valence-electron chi connectivity index (χ3n) is 3.05. The minimum Gasteiger partial charge on any atom is -0.383 e. The van der Waals surface area contributed by atoms with Crippen LogP contribution in [0.4, 0.5) is 5.95 Å². The van der Waals surface area contributed by atoms with Crippen molar-refractivity contribution >= 4 is 5.95 Å². The number of rotatable bonds is 6. The molecule has 0 bridgehead atoms. The number of hydrogen-bond donors (Lipinski definition) is 1. The Kier molecular flexibility index (Phi) is 3.26. The average Bonchev–Trinajstić information content (AvgIpc) is 2.78. The first kappa shape index (κ1) is 10.5. The number of hydrogen-bond acceptors (Lipinski definition) is 3. The van der Waals surface area contributed by atoms with Crippen molar-refractivity contribution in [2.45, 2.75) is 19.9 Å². The van der Waals surface area contributed by atoms with Gasteiger partial charge in [-0.05, 0) is 18.3 Å². The van der Waals surface area contributed by atoms with Crippen molar-refractivity contribution < 1.29 is 4.74 Å². The fraction of sp³-hybridized carbons (Fsp3) is 0.727. The second-order valence-corrected chi connectivity index (χ2v) is 4.29. The molecule has 1 aromatic rings. The number of nitrogens with zero attached hydrogens (tertiary/aromatic N) is 2. The van der Waals surface area contributed by atoms with Gasteiger partial charge in [-0.25, -0.2) is 4.98 Å². The Bertz CT molecular complexity index is 311. The lowest BCUT2D eigenvalue weighted by Gasteiger charge is -2.08. The van der Waals surface area contributed by atoms with Crippen LogP contribution in [-0.4, -0.2) is 29.8 Å². The van der Waals surface area contributed by atoms with Crippen LogP contribution in [0.25, 0.3) is 0 Å². The van der Waals surface area contributed by atoms with Crippen molar-refractivity contribution in [2.24, 2.45) is 11.8 Å². The SMILES string of the molecule is COCCn1ccnc1NCC1CC1C. The molecule has 0 saturated heterocycles. The predicted molar refractivity (Wildman–Crippen MR) is 59.9 cm³/mol. The summed E-state index contributed by atoms with van der Waals surface area (Å²) in [6.45, 7) is 4.93. The predicted octanol–water partition coefficient (Wildman–Crippen LogP) is 1.60. The molecule has 1 N–H and O–H groups in total. The highest BCUT2D eigenvalue weighted by atomic mass is 16.5. The van der Waals surface area contributed by atoms with Gasteiger partial charge in [0.15, 0.2) is 0 Å². The van der Waals surface area contributed by atoms with Crippen LogP contribution in [0.3, 0.4) is 0 Å². The van der Waals surface area contributed by atoms with Crippen LogP contribution in [0.1, 0.15) is 13.3 Å². The second-order valence-electron chi connectivity index (χ2n) is 4.29. The van der Waals surface area contributed by atoms with Gasteiger partial charge in [0.1, 0.15) is 0 Å². The monoisotopic (exact) mass is 209 g/mol. The highest BCUT2D eigenvalue weighted by Crippen LogP contribution is 2.37. The summed E-state index contributed by atoms with van der Waals surface area (Å²) in [5, 5.41) is 3.39. The summed E-state index contributed by atoms with van der Waals surface area (Å²) < 4.78 is 7.14. The first-order valence-corrected chi connectivity index (χ1v) is 5.55. The highest BCUT2D eigenvalue weighted by Gasteiger charge is 2.32. The number of aromatic nitrogens is 2. The molecule has 2 unspecified atom stereocenters. The Hall–Kier alpha value is -1.03. The normalized spacial score (nSPS) is 24.1. The Morgan fingerprint density at radius 1 is 1.67 bits per heavy atom. The van der Waals surface area contributed by atoms with E-state index < -0.39 is 0 Å². The molecule has 0 aromatic carbocycles. The molecule has 15 heavy (non-hydrogen) atoms. The number of anilines is 1. The average molecular weight is 209 g/mol. The summed E-state index contributed by atoms with van der Waals surface area (Å²) in [6, 6.07) is 0. The van der Waals surface area contributed by atoms with Crippen LogP contribution in [0, 0.1) is 11.8 Å². The maximum Gasteiger partial charge on any atom is 0.202 e. The molecule has 1 aliphatic carbocycles. The molecule has 1 heterocycles. The molecule has 2 rings (SSSR count). The summed E-state index contributed by atoms with van der Waals surface area (Å²) in [4.78, 5) is 4.29. The van der Waals surface area contributed by atoms with E-state index in [1.54, 1.807) is 7.11 Å². The Balaban J connectivity index is 1.81. The second kappa shape index (κ2) is 4.66. The standard InChI is InChI=1S/C11H19N3O/c1-9-7-10(9)8-13-11-12-3-4-14(11)5-6-15-2/h3-4,9-10H,5-8H2,1-2H3,(H,12,13). The van der Waals surface area contributed by atoms with Gasteiger partial charge in [0.05, 0.1) is 6.61 Å². The van der Waals surface area contributed by atoms with E-state index in [0.717, 1.165) is 37.5 Å². The van der Waals surface area contributed by atoms with Crippen molar-refractivity contribution in [3.63, 3.8) is 0 Å². The van der Waals surface area contributed by atoms with Gasteiger partial charge in [-0.3, -0.25) is 0 Å². The largest absolute Gasteiger partial charge is 0.383 e. The lowest BCUT2D eigenvalue weighted by Crippen LogP contribution is -2.12. The Morgan fingerprint density at radius 3 is 3.13 bits per heavy atom. The number of methoxy groups -OCH3 is 1. The molecule has 2 atom stereocenters. The van der Waals surface area contributed by atoms with Gasteiger partial charge in [0.25, 0.3) is 0 Å². The van der Waals surface area contributed by atoms with E-state index in [-0.39, 0.29) is 0 Å². The maximum atomic E-state index is 5.05. The maximum absolute atomic E-state index is 5.05. The molecule has 1 aliphatic rings. The quantitative estimate of drug-likeness (QED) is 0.773. The van der Waals surface area contributed by atoms with E-state index in [1.165, 1.54) is 6.42 Å². The molecule has 4 nitrogen and oxygen atoms in total. The zero-order chi connectivity index (χ0) is 10.7. The van der Waals surface area contributed by atoms with Crippen molar-refractivity contribution in [2.75, 3.05) is 25.6 Å². The summed E-state index contributed by atoms with van der Waals surface area (Å²) in [6.07, 6.45) is 5.16. The zero-order valence-electron chi connectivity index (χ0n) is 9.44. The van der Waals surface area contributed by atoms with E-state index in [2.05, 4.69) is 21.8 Å². The van der Waals surface area contributed by atoms with Crippen molar-refractivity contribution in [3.8, 4) is 0 Å². The van der Waals surface area contributed by atoms with Crippen LogP contribution in [0.5, 0.6) is 0 Å². The minimum absolute atomic E-state index is 0.727. The number of imidazole rings is 1. The first-order chi connectivity index (χ1) is 7.31. The van der Waals surface area contributed by atoms with E-state index in [4.69, 9.17) is 4.74 Å². The molecule has 0 radical (unpaired) electrons. The molecule has 1 fully saturated rings. The summed E-state index contributed by atoms with van der Waals surface area (Å²) in [7, 11) is 1.72. The van der Waals surface area contributed by atoms with Gasteiger partial charge in [0.2, 0.25) is 5.95 Å². The van der Waals surface area contributed by atoms with Gasteiger partial charge in [-0.15, -0.1) is 0 Å². The summed E-state index contributed by atoms with van der Waals surface area (Å²) in [5.74, 6) is 2.70. The first-order valence-electron chi connectivity index (χ1n) is 5.55. The van der Waals surface area contributed by atoms with Crippen LogP contribution in [0.2, 0.25) is 0 Å².